The Kier molecular flexibility index (Phi) is 7.15. The number of sulfonamides is 1. The van der Waals surface area contributed by atoms with Gasteiger partial charge >= 0.3 is 0 Å². The molecule has 7 nitrogen and oxygen atoms in total. The van der Waals surface area contributed by atoms with Crippen LogP contribution in [0.3, 0.4) is 0 Å². The summed E-state index contributed by atoms with van der Waals surface area (Å²) >= 11 is 0. The first-order valence-corrected chi connectivity index (χ1v) is 10.4. The van der Waals surface area contributed by atoms with E-state index in [1.54, 1.807) is 19.1 Å². The molecule has 148 valence electrons. The molecule has 2 rings (SSSR count). The van der Waals surface area contributed by atoms with Crippen molar-refractivity contribution in [1.29, 1.82) is 5.26 Å². The highest BCUT2D eigenvalue weighted by molar-refractivity contribution is 7.89. The average Bonchev–Trinajstić information content (AvgIpc) is 2.69. The lowest BCUT2D eigenvalue weighted by Gasteiger charge is -2.13. The van der Waals surface area contributed by atoms with Crippen LogP contribution in [0.15, 0.2) is 47.4 Å². The second-order valence-corrected chi connectivity index (χ2v) is 7.88. The monoisotopic (exact) mass is 401 g/mol. The molecule has 0 heterocycles. The molecule has 0 aliphatic carbocycles. The minimum atomic E-state index is -3.63. The molecule has 0 fully saturated rings. The Morgan fingerprint density at radius 2 is 1.86 bits per heavy atom. The van der Waals surface area contributed by atoms with E-state index in [2.05, 4.69) is 10.0 Å². The van der Waals surface area contributed by atoms with Crippen molar-refractivity contribution in [2.75, 3.05) is 11.9 Å². The van der Waals surface area contributed by atoms with Gasteiger partial charge in [0.15, 0.2) is 0 Å². The van der Waals surface area contributed by atoms with E-state index >= 15 is 0 Å². The molecule has 0 radical (unpaired) electrons. The van der Waals surface area contributed by atoms with E-state index in [4.69, 9.17) is 10.00 Å². The summed E-state index contributed by atoms with van der Waals surface area (Å²) in [6, 6.07) is 12.2. The number of ether oxygens (including phenoxy) is 1. The summed E-state index contributed by atoms with van der Waals surface area (Å²) in [5.41, 5.74) is 1.05. The largest absolute Gasteiger partial charge is 0.492 e. The predicted molar refractivity (Wildman–Crippen MR) is 107 cm³/mol. The van der Waals surface area contributed by atoms with Crippen molar-refractivity contribution in [3.05, 3.63) is 53.6 Å². The molecule has 2 N–H and O–H groups in total. The molecule has 2 aromatic carbocycles. The zero-order valence-corrected chi connectivity index (χ0v) is 16.8. The van der Waals surface area contributed by atoms with E-state index in [0.717, 1.165) is 0 Å². The van der Waals surface area contributed by atoms with Crippen LogP contribution < -0.4 is 14.8 Å². The molecule has 0 spiro atoms. The topological polar surface area (TPSA) is 108 Å². The summed E-state index contributed by atoms with van der Waals surface area (Å²) in [4.78, 5) is 12.6. The van der Waals surface area contributed by atoms with Crippen molar-refractivity contribution in [3.8, 4) is 11.8 Å². The van der Waals surface area contributed by atoms with Gasteiger partial charge in [0, 0.05) is 11.6 Å². The van der Waals surface area contributed by atoms with Gasteiger partial charge < -0.3 is 10.1 Å². The van der Waals surface area contributed by atoms with E-state index in [-0.39, 0.29) is 16.5 Å². The van der Waals surface area contributed by atoms with E-state index in [1.165, 1.54) is 30.3 Å². The molecule has 1 amide bonds. The van der Waals surface area contributed by atoms with Crippen molar-refractivity contribution >= 4 is 21.6 Å². The van der Waals surface area contributed by atoms with Gasteiger partial charge in [0.05, 0.1) is 28.8 Å². The van der Waals surface area contributed by atoms with E-state index in [1.807, 2.05) is 19.9 Å². The maximum Gasteiger partial charge on any atom is 0.255 e. The number of hydrogen-bond donors (Lipinski definition) is 2. The minimum absolute atomic E-state index is 0.0887. The van der Waals surface area contributed by atoms with Gasteiger partial charge in [-0.2, -0.15) is 5.26 Å². The third-order valence-electron chi connectivity index (χ3n) is 4.05. The van der Waals surface area contributed by atoms with Crippen molar-refractivity contribution in [3.63, 3.8) is 0 Å². The number of benzene rings is 2. The highest BCUT2D eigenvalue weighted by Crippen LogP contribution is 2.26. The van der Waals surface area contributed by atoms with Gasteiger partial charge in [-0.05, 0) is 62.7 Å². The molecule has 0 bridgehead atoms. The molecule has 0 saturated heterocycles. The molecular weight excluding hydrogens is 378 g/mol. The quantitative estimate of drug-likeness (QED) is 0.706. The predicted octanol–water partition coefficient (Wildman–Crippen LogP) is 3.29. The summed E-state index contributed by atoms with van der Waals surface area (Å²) in [6.07, 6.45) is 0.670. The fourth-order valence-corrected chi connectivity index (χ4v) is 3.70. The second-order valence-electron chi connectivity index (χ2n) is 6.16. The van der Waals surface area contributed by atoms with Crippen LogP contribution in [0.25, 0.3) is 0 Å². The number of rotatable bonds is 8. The standard InChI is InChI=1S/C20H23N3O4S/c1-4-14(3)23-28(25,26)17-9-7-16(8-10-17)20(24)22-18-12-15(13-21)6-11-19(18)27-5-2/h6-12,14,23H,4-5H2,1-3H3,(H,22,24). The normalized spacial score (nSPS) is 12.1. The summed E-state index contributed by atoms with van der Waals surface area (Å²) < 4.78 is 32.6. The fourth-order valence-electron chi connectivity index (χ4n) is 2.37. The Balaban J connectivity index is 2.21. The van der Waals surface area contributed by atoms with Crippen molar-refractivity contribution in [2.45, 2.75) is 38.1 Å². The van der Waals surface area contributed by atoms with Crippen molar-refractivity contribution < 1.29 is 17.9 Å². The van der Waals surface area contributed by atoms with Crippen LogP contribution in [0.4, 0.5) is 5.69 Å². The Morgan fingerprint density at radius 1 is 1.18 bits per heavy atom. The van der Waals surface area contributed by atoms with Crippen LogP contribution in [0.5, 0.6) is 5.75 Å². The minimum Gasteiger partial charge on any atom is -0.492 e. The number of anilines is 1. The van der Waals surface area contributed by atoms with Gasteiger partial charge in [0.1, 0.15) is 5.75 Å². The van der Waals surface area contributed by atoms with Gasteiger partial charge in [-0.3, -0.25) is 4.79 Å². The van der Waals surface area contributed by atoms with E-state index in [0.29, 0.717) is 30.0 Å². The van der Waals surface area contributed by atoms with Crippen LogP contribution >= 0.6 is 0 Å². The molecule has 0 aliphatic rings. The average molecular weight is 401 g/mol. The molecule has 8 heteroatoms. The van der Waals surface area contributed by atoms with Crippen LogP contribution in [0.1, 0.15) is 43.1 Å². The highest BCUT2D eigenvalue weighted by Gasteiger charge is 2.17. The summed E-state index contributed by atoms with van der Waals surface area (Å²) in [5, 5.41) is 11.8. The van der Waals surface area contributed by atoms with Crippen LogP contribution in [0.2, 0.25) is 0 Å². The Bertz CT molecular complexity index is 980. The van der Waals surface area contributed by atoms with Gasteiger partial charge in [-0.15, -0.1) is 0 Å². The number of nitriles is 1. The zero-order valence-electron chi connectivity index (χ0n) is 16.0. The number of nitrogens with zero attached hydrogens (tertiary/aromatic N) is 1. The lowest BCUT2D eigenvalue weighted by atomic mass is 10.1. The Hall–Kier alpha value is -2.89. The zero-order chi connectivity index (χ0) is 20.7. The van der Waals surface area contributed by atoms with Crippen molar-refractivity contribution in [2.24, 2.45) is 0 Å². The van der Waals surface area contributed by atoms with Crippen LogP contribution in [0, 0.1) is 11.3 Å². The molecule has 0 saturated carbocycles. The van der Waals surface area contributed by atoms with Gasteiger partial charge in [-0.25, -0.2) is 13.1 Å². The van der Waals surface area contributed by atoms with Gasteiger partial charge in [-0.1, -0.05) is 6.92 Å². The second kappa shape index (κ2) is 9.35. The SMILES string of the molecule is CCOc1ccc(C#N)cc1NC(=O)c1ccc(S(=O)(=O)NC(C)CC)cc1. The smallest absolute Gasteiger partial charge is 0.255 e. The van der Waals surface area contributed by atoms with Crippen molar-refractivity contribution in [1.82, 2.24) is 4.72 Å². The fraction of sp³-hybridized carbons (Fsp3) is 0.300. The summed E-state index contributed by atoms with van der Waals surface area (Å²) in [5.74, 6) is 0.0154. The Morgan fingerprint density at radius 3 is 2.43 bits per heavy atom. The highest BCUT2D eigenvalue weighted by atomic mass is 32.2. The first-order chi connectivity index (χ1) is 13.3. The van der Waals surface area contributed by atoms with Crippen LogP contribution in [-0.4, -0.2) is 27.0 Å². The third-order valence-corrected chi connectivity index (χ3v) is 5.66. The van der Waals surface area contributed by atoms with Gasteiger partial charge in [0.2, 0.25) is 10.0 Å². The molecule has 1 atom stereocenters. The molecule has 0 aliphatic heterocycles. The van der Waals surface area contributed by atoms with E-state index < -0.39 is 15.9 Å². The first kappa shape index (κ1) is 21.4. The van der Waals surface area contributed by atoms with Crippen LogP contribution in [-0.2, 0) is 10.0 Å². The molecule has 0 aromatic heterocycles. The number of carbonyl (C=O) groups is 1. The Labute approximate surface area is 165 Å². The lowest BCUT2D eigenvalue weighted by Crippen LogP contribution is -2.32. The number of carbonyl (C=O) groups excluding carboxylic acids is 1. The maximum absolute atomic E-state index is 12.5. The van der Waals surface area contributed by atoms with Gasteiger partial charge in [0.25, 0.3) is 5.91 Å². The molecular formula is C20H23N3O4S. The lowest BCUT2D eigenvalue weighted by molar-refractivity contribution is 0.102. The maximum atomic E-state index is 12.5. The summed E-state index contributed by atoms with van der Waals surface area (Å²) in [6.45, 7) is 5.89. The number of amides is 1. The number of hydrogen-bond acceptors (Lipinski definition) is 5. The number of nitrogens with one attached hydrogen (secondary N) is 2. The molecule has 1 unspecified atom stereocenters. The van der Waals surface area contributed by atoms with E-state index in [9.17, 15) is 13.2 Å². The summed E-state index contributed by atoms with van der Waals surface area (Å²) in [7, 11) is -3.63. The first-order valence-electron chi connectivity index (χ1n) is 8.91. The molecule has 2 aromatic rings. The molecule has 28 heavy (non-hydrogen) atoms. The third kappa shape index (κ3) is 5.31.